The zero-order valence-electron chi connectivity index (χ0n) is 16.4. The van der Waals surface area contributed by atoms with Crippen molar-refractivity contribution in [3.05, 3.63) is 70.8 Å². The van der Waals surface area contributed by atoms with Crippen LogP contribution in [0.1, 0.15) is 43.0 Å². The van der Waals surface area contributed by atoms with E-state index in [4.69, 9.17) is 4.74 Å². The van der Waals surface area contributed by atoms with Gasteiger partial charge in [-0.25, -0.2) is 4.79 Å². The van der Waals surface area contributed by atoms with Crippen LogP contribution in [0.5, 0.6) is 0 Å². The molecule has 27 heavy (non-hydrogen) atoms. The van der Waals surface area contributed by atoms with Crippen molar-refractivity contribution in [2.24, 2.45) is 0 Å². The summed E-state index contributed by atoms with van der Waals surface area (Å²) in [5, 5.41) is 2.93. The maximum absolute atomic E-state index is 12.5. The average molecular weight is 365 g/mol. The van der Waals surface area contributed by atoms with Crippen LogP contribution < -0.4 is 5.32 Å². The molecule has 0 aromatic heterocycles. The van der Waals surface area contributed by atoms with E-state index in [2.05, 4.69) is 5.32 Å². The van der Waals surface area contributed by atoms with Crippen molar-refractivity contribution < 1.29 is 14.3 Å². The maximum Gasteiger partial charge on any atom is 0.331 e. The largest absolute Gasteiger partial charge is 0.449 e. The van der Waals surface area contributed by atoms with Gasteiger partial charge in [0.25, 0.3) is 5.91 Å². The number of esters is 1. The Balaban J connectivity index is 1.99. The second-order valence-corrected chi connectivity index (χ2v) is 6.47. The molecule has 1 N–H and O–H groups in total. The first kappa shape index (κ1) is 20.4. The Morgan fingerprint density at radius 3 is 2.19 bits per heavy atom. The zero-order chi connectivity index (χ0) is 19.8. The standard InChI is InChI=1S/C23H27NO3/c1-5-19-8-7-9-20(6-2)22(19)24-23(26)17(4)27-21(25)15-14-18-12-10-16(3)11-13-18/h7-15,17H,5-6H2,1-4H3,(H,24,26)/b15-14+/t17-/m1/s1. The molecule has 2 rings (SSSR count). The number of rotatable bonds is 7. The summed E-state index contributed by atoms with van der Waals surface area (Å²) in [6, 6.07) is 13.8. The lowest BCUT2D eigenvalue weighted by atomic mass is 10.0. The van der Waals surface area contributed by atoms with E-state index in [1.807, 2.05) is 63.2 Å². The topological polar surface area (TPSA) is 55.4 Å². The number of para-hydroxylation sites is 1. The molecule has 0 aliphatic carbocycles. The molecule has 1 amide bonds. The van der Waals surface area contributed by atoms with Crippen LogP contribution in [0.4, 0.5) is 5.69 Å². The Bertz CT molecular complexity index is 800. The highest BCUT2D eigenvalue weighted by atomic mass is 16.5. The third-order valence-corrected chi connectivity index (χ3v) is 4.40. The van der Waals surface area contributed by atoms with Crippen LogP contribution in [0.15, 0.2) is 48.5 Å². The molecule has 0 saturated heterocycles. The first-order chi connectivity index (χ1) is 12.9. The second kappa shape index (κ2) is 9.72. The fourth-order valence-electron chi connectivity index (χ4n) is 2.74. The molecule has 0 spiro atoms. The number of hydrogen-bond acceptors (Lipinski definition) is 3. The lowest BCUT2D eigenvalue weighted by Gasteiger charge is -2.17. The number of carbonyl (C=O) groups excluding carboxylic acids is 2. The highest BCUT2D eigenvalue weighted by Gasteiger charge is 2.19. The van der Waals surface area contributed by atoms with Crippen LogP contribution in [-0.4, -0.2) is 18.0 Å². The van der Waals surface area contributed by atoms with Gasteiger partial charge in [0.1, 0.15) is 0 Å². The number of nitrogens with one attached hydrogen (secondary N) is 1. The highest BCUT2D eigenvalue weighted by molar-refractivity contribution is 5.97. The molecule has 0 aliphatic heterocycles. The molecule has 0 fully saturated rings. The summed E-state index contributed by atoms with van der Waals surface area (Å²) in [7, 11) is 0. The molecule has 0 aliphatic rings. The minimum absolute atomic E-state index is 0.331. The lowest BCUT2D eigenvalue weighted by molar-refractivity contribution is -0.148. The van der Waals surface area contributed by atoms with Gasteiger partial charge >= 0.3 is 5.97 Å². The molecule has 2 aromatic rings. The van der Waals surface area contributed by atoms with Crippen molar-refractivity contribution in [1.82, 2.24) is 0 Å². The molecule has 4 nitrogen and oxygen atoms in total. The van der Waals surface area contributed by atoms with Gasteiger partial charge in [0, 0.05) is 11.8 Å². The third-order valence-electron chi connectivity index (χ3n) is 4.40. The van der Waals surface area contributed by atoms with Crippen LogP contribution in [0.3, 0.4) is 0 Å². The lowest BCUT2D eigenvalue weighted by Crippen LogP contribution is -2.30. The van der Waals surface area contributed by atoms with E-state index >= 15 is 0 Å². The highest BCUT2D eigenvalue weighted by Crippen LogP contribution is 2.23. The van der Waals surface area contributed by atoms with E-state index in [-0.39, 0.29) is 5.91 Å². The minimum atomic E-state index is -0.880. The number of hydrogen-bond donors (Lipinski definition) is 1. The molecule has 0 radical (unpaired) electrons. The number of aryl methyl sites for hydroxylation is 3. The van der Waals surface area contributed by atoms with E-state index in [0.29, 0.717) is 0 Å². The summed E-state index contributed by atoms with van der Waals surface area (Å²) in [4.78, 5) is 24.5. The van der Waals surface area contributed by atoms with Crippen molar-refractivity contribution in [1.29, 1.82) is 0 Å². The van der Waals surface area contributed by atoms with Gasteiger partial charge in [-0.3, -0.25) is 4.79 Å². The van der Waals surface area contributed by atoms with E-state index in [0.717, 1.165) is 40.8 Å². The Morgan fingerprint density at radius 1 is 1.04 bits per heavy atom. The van der Waals surface area contributed by atoms with E-state index in [1.165, 1.54) is 6.08 Å². The van der Waals surface area contributed by atoms with Gasteiger partial charge in [0.05, 0.1) is 0 Å². The summed E-state index contributed by atoms with van der Waals surface area (Å²) in [5.41, 5.74) is 5.02. The van der Waals surface area contributed by atoms with E-state index in [1.54, 1.807) is 13.0 Å². The number of amides is 1. The molecule has 2 aromatic carbocycles. The SMILES string of the molecule is CCc1cccc(CC)c1NC(=O)[C@@H](C)OC(=O)/C=C/c1ccc(C)cc1. The van der Waals surface area contributed by atoms with Crippen LogP contribution in [0.2, 0.25) is 0 Å². The summed E-state index contributed by atoms with van der Waals surface area (Å²) in [6.07, 6.45) is 3.77. The average Bonchev–Trinajstić information content (AvgIpc) is 2.67. The Labute approximate surface area is 161 Å². The van der Waals surface area contributed by atoms with E-state index in [9.17, 15) is 9.59 Å². The first-order valence-corrected chi connectivity index (χ1v) is 9.31. The molecule has 0 bridgehead atoms. The van der Waals surface area contributed by atoms with Crippen molar-refractivity contribution in [2.75, 3.05) is 5.32 Å². The molecule has 0 unspecified atom stereocenters. The van der Waals surface area contributed by atoms with Crippen molar-refractivity contribution in [3.63, 3.8) is 0 Å². The molecule has 142 valence electrons. The maximum atomic E-state index is 12.5. The third kappa shape index (κ3) is 5.81. The smallest absolute Gasteiger partial charge is 0.331 e. The van der Waals surface area contributed by atoms with Gasteiger partial charge in [-0.2, -0.15) is 0 Å². The van der Waals surface area contributed by atoms with E-state index < -0.39 is 12.1 Å². The Hall–Kier alpha value is -2.88. The minimum Gasteiger partial charge on any atom is -0.449 e. The number of benzene rings is 2. The summed E-state index contributed by atoms with van der Waals surface area (Å²) >= 11 is 0. The monoisotopic (exact) mass is 365 g/mol. The van der Waals surface area contributed by atoms with Crippen LogP contribution in [-0.2, 0) is 27.2 Å². The summed E-state index contributed by atoms with van der Waals surface area (Å²) in [6.45, 7) is 7.67. The molecular formula is C23H27NO3. The van der Waals surface area contributed by atoms with Crippen LogP contribution in [0.25, 0.3) is 6.08 Å². The number of ether oxygens (including phenoxy) is 1. The number of anilines is 1. The zero-order valence-corrected chi connectivity index (χ0v) is 16.4. The Kier molecular flexibility index (Phi) is 7.35. The van der Waals surface area contributed by atoms with Gasteiger partial charge in [0.15, 0.2) is 6.10 Å². The van der Waals surface area contributed by atoms with Gasteiger partial charge in [0.2, 0.25) is 0 Å². The molecule has 0 heterocycles. The van der Waals surface area contributed by atoms with Gasteiger partial charge < -0.3 is 10.1 Å². The van der Waals surface area contributed by atoms with Gasteiger partial charge in [-0.1, -0.05) is 61.9 Å². The predicted molar refractivity (Wildman–Crippen MR) is 110 cm³/mol. The van der Waals surface area contributed by atoms with Crippen LogP contribution in [0, 0.1) is 6.92 Å². The summed E-state index contributed by atoms with van der Waals surface area (Å²) < 4.78 is 5.24. The van der Waals surface area contributed by atoms with Crippen LogP contribution >= 0.6 is 0 Å². The quantitative estimate of drug-likeness (QED) is 0.571. The molecular weight excluding hydrogens is 338 g/mol. The van der Waals surface area contributed by atoms with Crippen molar-refractivity contribution in [2.45, 2.75) is 46.6 Å². The number of carbonyl (C=O) groups is 2. The fraction of sp³-hybridized carbons (Fsp3) is 0.304. The first-order valence-electron chi connectivity index (χ1n) is 9.31. The molecule has 0 saturated carbocycles. The second-order valence-electron chi connectivity index (χ2n) is 6.47. The molecule has 4 heteroatoms. The predicted octanol–water partition coefficient (Wildman–Crippen LogP) is 4.70. The van der Waals surface area contributed by atoms with Gasteiger partial charge in [-0.05, 0) is 49.5 Å². The van der Waals surface area contributed by atoms with Gasteiger partial charge in [-0.15, -0.1) is 0 Å². The normalized spacial score (nSPS) is 12.0. The van der Waals surface area contributed by atoms with Crippen molar-refractivity contribution in [3.8, 4) is 0 Å². The molecule has 1 atom stereocenters. The fourth-order valence-corrected chi connectivity index (χ4v) is 2.74. The van der Waals surface area contributed by atoms with Crippen molar-refractivity contribution >= 4 is 23.6 Å². The Morgan fingerprint density at radius 2 is 1.63 bits per heavy atom. The summed E-state index contributed by atoms with van der Waals surface area (Å²) in [5.74, 6) is -0.875.